The van der Waals surface area contributed by atoms with Crippen LogP contribution in [0.3, 0.4) is 0 Å². The van der Waals surface area contributed by atoms with E-state index in [0.29, 0.717) is 6.42 Å². The molecule has 0 aromatic rings. The van der Waals surface area contributed by atoms with Crippen LogP contribution in [0.2, 0.25) is 0 Å². The zero-order valence-corrected chi connectivity index (χ0v) is 31.1. The first kappa shape index (κ1) is 45.9. The first-order valence-corrected chi connectivity index (χ1v) is 20.1. The lowest BCUT2D eigenvalue weighted by atomic mass is 10.1. The van der Waals surface area contributed by atoms with E-state index in [1.165, 1.54) is 38.5 Å². The quantitative estimate of drug-likeness (QED) is 0.0306. The second-order valence-corrected chi connectivity index (χ2v) is 13.5. The van der Waals surface area contributed by atoms with Crippen molar-refractivity contribution in [1.82, 2.24) is 5.32 Å². The van der Waals surface area contributed by atoms with Gasteiger partial charge in [-0.2, -0.15) is 0 Å². The predicted molar refractivity (Wildman–Crippen MR) is 203 cm³/mol. The van der Waals surface area contributed by atoms with Crippen LogP contribution in [0, 0.1) is 0 Å². The summed E-state index contributed by atoms with van der Waals surface area (Å²) in [5.41, 5.74) is 5.34. The van der Waals surface area contributed by atoms with E-state index in [4.69, 9.17) is 14.8 Å². The zero-order chi connectivity index (χ0) is 35.4. The Morgan fingerprint density at radius 1 is 0.708 bits per heavy atom. The lowest BCUT2D eigenvalue weighted by Crippen LogP contribution is -2.45. The Morgan fingerprint density at radius 2 is 1.23 bits per heavy atom. The summed E-state index contributed by atoms with van der Waals surface area (Å²) in [4.78, 5) is 22.5. The van der Waals surface area contributed by atoms with Gasteiger partial charge in [-0.25, -0.2) is 4.57 Å². The van der Waals surface area contributed by atoms with Crippen LogP contribution in [-0.4, -0.2) is 47.8 Å². The highest BCUT2D eigenvalue weighted by Crippen LogP contribution is 2.43. The number of phosphoric ester groups is 1. The first-order chi connectivity index (χ1) is 23.4. The van der Waals surface area contributed by atoms with E-state index in [2.05, 4.69) is 79.9 Å². The summed E-state index contributed by atoms with van der Waals surface area (Å²) in [7, 11) is -4.35. The molecule has 0 aromatic carbocycles. The van der Waals surface area contributed by atoms with Crippen LogP contribution < -0.4 is 11.1 Å². The summed E-state index contributed by atoms with van der Waals surface area (Å²) in [5.74, 6) is -0.228. The highest BCUT2D eigenvalue weighted by Gasteiger charge is 2.26. The molecule has 5 N–H and O–H groups in total. The second kappa shape index (κ2) is 34.8. The topological polar surface area (TPSA) is 131 Å². The molecule has 0 aliphatic carbocycles. The molecule has 0 fully saturated rings. The third kappa shape index (κ3) is 32.5. The molecule has 3 atom stereocenters. The van der Waals surface area contributed by atoms with Crippen molar-refractivity contribution in [3.05, 3.63) is 72.9 Å². The van der Waals surface area contributed by atoms with Crippen LogP contribution in [0.1, 0.15) is 136 Å². The lowest BCUT2D eigenvalue weighted by molar-refractivity contribution is -0.123. The van der Waals surface area contributed by atoms with E-state index in [9.17, 15) is 19.4 Å². The number of phosphoric acid groups is 1. The minimum absolute atomic E-state index is 0.0654. The van der Waals surface area contributed by atoms with Gasteiger partial charge >= 0.3 is 7.82 Å². The smallest absolute Gasteiger partial charge is 0.387 e. The maximum atomic E-state index is 12.7. The maximum Gasteiger partial charge on any atom is 0.472 e. The van der Waals surface area contributed by atoms with Crippen molar-refractivity contribution in [3.63, 3.8) is 0 Å². The Kier molecular flexibility index (Phi) is 33.3. The minimum atomic E-state index is -4.35. The number of hydrogen-bond donors (Lipinski definition) is 4. The molecular weight excluding hydrogens is 623 g/mol. The molecule has 0 saturated heterocycles. The predicted octanol–water partition coefficient (Wildman–Crippen LogP) is 9.71. The Hall–Kier alpha value is -2.06. The minimum Gasteiger partial charge on any atom is -0.387 e. The van der Waals surface area contributed by atoms with Gasteiger partial charge in [-0.05, 0) is 77.0 Å². The number of nitrogens with one attached hydrogen (secondary N) is 1. The Morgan fingerprint density at radius 3 is 1.83 bits per heavy atom. The highest BCUT2D eigenvalue weighted by molar-refractivity contribution is 7.47. The number of hydrogen-bond acceptors (Lipinski definition) is 6. The average molecular weight is 693 g/mol. The third-order valence-corrected chi connectivity index (χ3v) is 8.48. The second-order valence-electron chi connectivity index (χ2n) is 12.0. The van der Waals surface area contributed by atoms with E-state index >= 15 is 0 Å². The molecule has 276 valence electrons. The van der Waals surface area contributed by atoms with Gasteiger partial charge in [0.25, 0.3) is 0 Å². The highest BCUT2D eigenvalue weighted by atomic mass is 31.2. The number of nitrogens with two attached hydrogens (primary N) is 1. The molecular formula is C39H69N2O6P. The van der Waals surface area contributed by atoms with E-state index in [-0.39, 0.29) is 25.7 Å². The van der Waals surface area contributed by atoms with Crippen LogP contribution in [0.25, 0.3) is 0 Å². The van der Waals surface area contributed by atoms with Gasteiger partial charge in [0.2, 0.25) is 5.91 Å². The molecule has 0 rings (SSSR count). The largest absolute Gasteiger partial charge is 0.472 e. The van der Waals surface area contributed by atoms with Crippen LogP contribution in [0.4, 0.5) is 0 Å². The molecule has 3 unspecified atom stereocenters. The van der Waals surface area contributed by atoms with Gasteiger partial charge in [-0.15, -0.1) is 0 Å². The van der Waals surface area contributed by atoms with Crippen molar-refractivity contribution in [3.8, 4) is 0 Å². The summed E-state index contributed by atoms with van der Waals surface area (Å²) < 4.78 is 22.0. The fourth-order valence-corrected chi connectivity index (χ4v) is 5.46. The van der Waals surface area contributed by atoms with Gasteiger partial charge in [-0.1, -0.05) is 125 Å². The van der Waals surface area contributed by atoms with Crippen LogP contribution >= 0.6 is 7.82 Å². The number of allylic oxidation sites excluding steroid dienone is 11. The summed E-state index contributed by atoms with van der Waals surface area (Å²) >= 11 is 0. The fourth-order valence-electron chi connectivity index (χ4n) is 4.70. The van der Waals surface area contributed by atoms with Gasteiger partial charge in [0, 0.05) is 13.0 Å². The molecule has 0 radical (unpaired) electrons. The van der Waals surface area contributed by atoms with E-state index in [1.54, 1.807) is 6.08 Å². The lowest BCUT2D eigenvalue weighted by Gasteiger charge is -2.23. The van der Waals surface area contributed by atoms with Gasteiger partial charge in [0.05, 0.1) is 25.4 Å². The SMILES string of the molecule is CC/C=C/CC/C=C/CC/C=C/C(O)C(COP(=O)(O)OCCN)NC(=O)CCCCCCCC/C=C\C/C=C\C/C=C\CCCCC. The number of aliphatic hydroxyl groups excluding tert-OH is 1. The van der Waals surface area contributed by atoms with Crippen molar-refractivity contribution in [1.29, 1.82) is 0 Å². The van der Waals surface area contributed by atoms with Gasteiger partial charge in [-0.3, -0.25) is 13.8 Å². The molecule has 0 aliphatic heterocycles. The molecule has 48 heavy (non-hydrogen) atoms. The summed E-state index contributed by atoms with van der Waals surface area (Å²) in [6, 6.07) is -0.891. The molecule has 0 spiro atoms. The van der Waals surface area contributed by atoms with Crippen LogP contribution in [-0.2, 0) is 18.4 Å². The third-order valence-electron chi connectivity index (χ3n) is 7.49. The number of carbonyl (C=O) groups excluding carboxylic acids is 1. The number of aliphatic hydroxyl groups is 1. The van der Waals surface area contributed by atoms with E-state index < -0.39 is 20.0 Å². The van der Waals surface area contributed by atoms with Crippen LogP contribution in [0.15, 0.2) is 72.9 Å². The normalized spacial score (nSPS) is 15.2. The Labute approximate surface area is 293 Å². The average Bonchev–Trinajstić information content (AvgIpc) is 3.07. The molecule has 0 aromatic heterocycles. The maximum absolute atomic E-state index is 12.7. The van der Waals surface area contributed by atoms with Crippen molar-refractivity contribution in [2.24, 2.45) is 5.73 Å². The van der Waals surface area contributed by atoms with Crippen molar-refractivity contribution < 1.29 is 28.4 Å². The first-order valence-electron chi connectivity index (χ1n) is 18.6. The fraction of sp³-hybridized carbons (Fsp3) is 0.667. The van der Waals surface area contributed by atoms with E-state index in [0.717, 1.165) is 77.0 Å². The molecule has 0 aliphatic rings. The van der Waals surface area contributed by atoms with Crippen molar-refractivity contribution >= 4 is 13.7 Å². The molecule has 0 heterocycles. The van der Waals surface area contributed by atoms with E-state index in [1.807, 2.05) is 6.08 Å². The monoisotopic (exact) mass is 692 g/mol. The number of unbranched alkanes of at least 4 members (excludes halogenated alkanes) is 11. The van der Waals surface area contributed by atoms with Gasteiger partial charge in [0.1, 0.15) is 0 Å². The molecule has 1 amide bonds. The standard InChI is InChI=1S/C39H69N2O6P/c1-3-5-7-9-11-13-15-16-17-18-19-20-21-22-23-25-27-29-31-33-39(43)41-37(36-47-48(44,45)46-35-34-40)38(42)32-30-28-26-24-14-12-10-8-6-4-2/h6,8,11,13-14,16-17,19-20,24,30,32,37-38,42H,3-5,7,9-10,12,15,18,21-23,25-29,31,33-36,40H2,1-2H3,(H,41,43)(H,44,45)/b8-6+,13-11-,17-16-,20-19-,24-14+,32-30+. The van der Waals surface area contributed by atoms with Gasteiger partial charge in [0.15, 0.2) is 0 Å². The molecule has 0 bridgehead atoms. The molecule has 9 heteroatoms. The van der Waals surface area contributed by atoms with Crippen molar-refractivity contribution in [2.75, 3.05) is 19.8 Å². The molecule has 8 nitrogen and oxygen atoms in total. The summed E-state index contributed by atoms with van der Waals surface area (Å²) in [5, 5.41) is 13.5. The van der Waals surface area contributed by atoms with Gasteiger partial charge < -0.3 is 21.1 Å². The Bertz CT molecular complexity index is 976. The zero-order valence-electron chi connectivity index (χ0n) is 30.2. The molecule has 0 saturated carbocycles. The number of carbonyl (C=O) groups is 1. The number of amides is 1. The summed E-state index contributed by atoms with van der Waals surface area (Å²) in [6.45, 7) is 3.91. The Balaban J connectivity index is 4.33. The number of rotatable bonds is 33. The summed E-state index contributed by atoms with van der Waals surface area (Å²) in [6.07, 6.45) is 43.8. The van der Waals surface area contributed by atoms with Crippen molar-refractivity contribution in [2.45, 2.75) is 148 Å². The van der Waals surface area contributed by atoms with Crippen LogP contribution in [0.5, 0.6) is 0 Å².